The maximum Gasteiger partial charge on any atom is 0.307 e. The summed E-state index contributed by atoms with van der Waals surface area (Å²) in [7, 11) is 0. The Kier molecular flexibility index (Phi) is 15.7. The molecule has 0 spiro atoms. The van der Waals surface area contributed by atoms with Crippen LogP contribution in [0.25, 0.3) is 0 Å². The molecule has 206 valence electrons. The first kappa shape index (κ1) is 33.1. The lowest BCUT2D eigenvalue weighted by Gasteiger charge is -2.26. The normalized spacial score (nSPS) is 12.4. The number of benzene rings is 2. The molecule has 0 saturated heterocycles. The van der Waals surface area contributed by atoms with E-state index < -0.39 is 0 Å². The molecule has 0 aliphatic carbocycles. The molecular formula is C28H40O6S3. The summed E-state index contributed by atoms with van der Waals surface area (Å²) in [6, 6.07) is 15.8. The van der Waals surface area contributed by atoms with Gasteiger partial charge in [0.05, 0.1) is 12.8 Å². The lowest BCUT2D eigenvalue weighted by molar-refractivity contribution is -0.145. The molecule has 2 aromatic carbocycles. The van der Waals surface area contributed by atoms with Crippen LogP contribution in [0.2, 0.25) is 0 Å². The zero-order valence-corrected chi connectivity index (χ0v) is 25.0. The van der Waals surface area contributed by atoms with Crippen LogP contribution in [-0.4, -0.2) is 55.1 Å². The van der Waals surface area contributed by atoms with Gasteiger partial charge in [-0.2, -0.15) is 37.9 Å². The predicted octanol–water partition coefficient (Wildman–Crippen LogP) is 5.82. The van der Waals surface area contributed by atoms with Gasteiger partial charge in [-0.05, 0) is 41.6 Å². The molecule has 2 aromatic rings. The number of hydrogen-bond acceptors (Lipinski definition) is 9. The van der Waals surface area contributed by atoms with Gasteiger partial charge in [0.25, 0.3) is 0 Å². The third kappa shape index (κ3) is 12.9. The summed E-state index contributed by atoms with van der Waals surface area (Å²) in [5.41, 5.74) is 2.05. The highest BCUT2D eigenvalue weighted by atomic mass is 32.1. The van der Waals surface area contributed by atoms with E-state index in [1.54, 1.807) is 6.26 Å². The van der Waals surface area contributed by atoms with Crippen molar-refractivity contribution in [3.63, 3.8) is 0 Å². The van der Waals surface area contributed by atoms with E-state index in [2.05, 4.69) is 51.7 Å². The van der Waals surface area contributed by atoms with Crippen LogP contribution in [0.3, 0.4) is 0 Å². The third-order valence-electron chi connectivity index (χ3n) is 5.31. The number of thiol groups is 3. The lowest BCUT2D eigenvalue weighted by Crippen LogP contribution is -2.19. The Morgan fingerprint density at radius 1 is 0.676 bits per heavy atom. The smallest absolute Gasteiger partial charge is 0.307 e. The van der Waals surface area contributed by atoms with Crippen molar-refractivity contribution in [1.82, 2.24) is 0 Å². The molecule has 2 unspecified atom stereocenters. The van der Waals surface area contributed by atoms with Crippen molar-refractivity contribution in [2.24, 2.45) is 0 Å². The van der Waals surface area contributed by atoms with E-state index in [1.807, 2.05) is 62.4 Å². The number of ether oxygens (including phenoxy) is 4. The molecule has 0 fully saturated rings. The van der Waals surface area contributed by atoms with Crippen molar-refractivity contribution in [2.45, 2.75) is 56.5 Å². The number of hydrogen-bond donors (Lipinski definition) is 3. The van der Waals surface area contributed by atoms with Crippen molar-refractivity contribution >= 4 is 49.8 Å². The fourth-order valence-corrected chi connectivity index (χ4v) is 3.63. The molecule has 0 aliphatic rings. The molecule has 0 saturated carbocycles. The molecule has 9 heteroatoms. The second-order valence-electron chi connectivity index (χ2n) is 8.92. The molecule has 0 aliphatic heterocycles. The first-order valence-electron chi connectivity index (χ1n) is 12.2. The number of carbonyl (C=O) groups is 2. The van der Waals surface area contributed by atoms with E-state index in [9.17, 15) is 9.59 Å². The quantitative estimate of drug-likeness (QED) is 0.152. The second-order valence-corrected chi connectivity index (χ2v) is 10.7. The minimum Gasteiger partial charge on any atom is -0.490 e. The Hall–Kier alpha value is -1.97. The van der Waals surface area contributed by atoms with Crippen molar-refractivity contribution < 1.29 is 28.5 Å². The largest absolute Gasteiger partial charge is 0.490 e. The van der Waals surface area contributed by atoms with Gasteiger partial charge in [0.15, 0.2) is 0 Å². The fraction of sp³-hybridized carbons (Fsp3) is 0.500. The van der Waals surface area contributed by atoms with E-state index in [-0.39, 0.29) is 53.9 Å². The van der Waals surface area contributed by atoms with Gasteiger partial charge in [-0.25, -0.2) is 0 Å². The van der Waals surface area contributed by atoms with Gasteiger partial charge in [0, 0.05) is 15.9 Å². The minimum atomic E-state index is -0.271. The van der Waals surface area contributed by atoms with Crippen molar-refractivity contribution in [1.29, 1.82) is 0 Å². The molecule has 2 rings (SSSR count). The topological polar surface area (TPSA) is 71.1 Å². The first-order valence-corrected chi connectivity index (χ1v) is 14.1. The molecule has 0 aromatic heterocycles. The molecule has 0 bridgehead atoms. The van der Waals surface area contributed by atoms with Gasteiger partial charge in [0.2, 0.25) is 0 Å². The molecule has 0 radical (unpaired) electrons. The van der Waals surface area contributed by atoms with Gasteiger partial charge in [-0.15, -0.1) is 0 Å². The van der Waals surface area contributed by atoms with Crippen LogP contribution in [-0.2, 0) is 24.5 Å². The Bertz CT molecular complexity index is 852. The van der Waals surface area contributed by atoms with Gasteiger partial charge in [0.1, 0.15) is 37.9 Å². The summed E-state index contributed by atoms with van der Waals surface area (Å²) < 4.78 is 21.6. The van der Waals surface area contributed by atoms with Crippen molar-refractivity contribution in [2.75, 3.05) is 32.7 Å². The Morgan fingerprint density at radius 3 is 1.30 bits per heavy atom. The van der Waals surface area contributed by atoms with Gasteiger partial charge in [-0.3, -0.25) is 9.59 Å². The molecule has 0 heterocycles. The lowest BCUT2D eigenvalue weighted by atomic mass is 9.78. The van der Waals surface area contributed by atoms with E-state index in [0.717, 1.165) is 22.6 Å². The monoisotopic (exact) mass is 568 g/mol. The molecule has 0 amide bonds. The molecular weight excluding hydrogens is 529 g/mol. The zero-order valence-electron chi connectivity index (χ0n) is 22.3. The van der Waals surface area contributed by atoms with Crippen molar-refractivity contribution in [3.8, 4) is 11.5 Å². The van der Waals surface area contributed by atoms with Gasteiger partial charge >= 0.3 is 11.9 Å². The molecule has 37 heavy (non-hydrogen) atoms. The minimum absolute atomic E-state index is 0.0216. The maximum absolute atomic E-state index is 11.5. The summed E-state index contributed by atoms with van der Waals surface area (Å²) in [6.45, 7) is 9.01. The van der Waals surface area contributed by atoms with Crippen LogP contribution in [0, 0.1) is 0 Å². The Morgan fingerprint density at radius 2 is 1.00 bits per heavy atom. The van der Waals surface area contributed by atoms with E-state index in [1.165, 1.54) is 0 Å². The second kappa shape index (κ2) is 17.5. The predicted molar refractivity (Wildman–Crippen MR) is 159 cm³/mol. The fourth-order valence-electron chi connectivity index (χ4n) is 3.33. The highest BCUT2D eigenvalue weighted by Crippen LogP contribution is 2.33. The van der Waals surface area contributed by atoms with E-state index in [0.29, 0.717) is 13.2 Å². The maximum atomic E-state index is 11.5. The zero-order chi connectivity index (χ0) is 27.8. The van der Waals surface area contributed by atoms with Crippen LogP contribution < -0.4 is 9.47 Å². The molecule has 0 N–H and O–H groups in total. The summed E-state index contributed by atoms with van der Waals surface area (Å²) in [4.78, 5) is 23.1. The summed E-state index contributed by atoms with van der Waals surface area (Å²) in [6.07, 6.45) is 2.26. The van der Waals surface area contributed by atoms with Crippen LogP contribution in [0.4, 0.5) is 0 Å². The summed E-state index contributed by atoms with van der Waals surface area (Å²) in [5, 5.41) is -0.0431. The SMILES string of the molecule is CC(S)CC(=O)OCCOc1ccc(C(C)(C)c2ccc(OCCOC(=O)CC(C)S)cc2)cc1.CS. The Balaban J connectivity index is 0.00000334. The van der Waals surface area contributed by atoms with E-state index >= 15 is 0 Å². The van der Waals surface area contributed by atoms with Crippen LogP contribution >= 0.6 is 37.9 Å². The van der Waals surface area contributed by atoms with Gasteiger partial charge in [-0.1, -0.05) is 52.0 Å². The molecule has 6 nitrogen and oxygen atoms in total. The summed E-state index contributed by atoms with van der Waals surface area (Å²) in [5.74, 6) is 0.895. The number of rotatable bonds is 14. The highest BCUT2D eigenvalue weighted by Gasteiger charge is 2.23. The standard InChI is InChI=1S/C27H36O6S2.CH4S/c1-19(34)17-25(28)32-15-13-30-23-9-5-21(6-10-23)27(3,4)22-7-11-24(12-8-22)31-14-16-33-26(29)18-20(2)35;1-2/h5-12,19-20,34-35H,13-18H2,1-4H3;2H,1H3. The highest BCUT2D eigenvalue weighted by molar-refractivity contribution is 7.81. The third-order valence-corrected chi connectivity index (χ3v) is 5.67. The average Bonchev–Trinajstić information content (AvgIpc) is 2.85. The average molecular weight is 569 g/mol. The van der Waals surface area contributed by atoms with Crippen molar-refractivity contribution in [3.05, 3.63) is 59.7 Å². The summed E-state index contributed by atoms with van der Waals surface area (Å²) >= 11 is 11.9. The first-order chi connectivity index (χ1) is 17.6. The number of carbonyl (C=O) groups excluding carboxylic acids is 2. The van der Waals surface area contributed by atoms with Crippen LogP contribution in [0.5, 0.6) is 11.5 Å². The van der Waals surface area contributed by atoms with Crippen LogP contribution in [0.15, 0.2) is 48.5 Å². The van der Waals surface area contributed by atoms with Gasteiger partial charge < -0.3 is 18.9 Å². The van der Waals surface area contributed by atoms with Crippen LogP contribution in [0.1, 0.15) is 51.7 Å². The number of esters is 2. The Labute approximate surface area is 238 Å². The molecule has 2 atom stereocenters. The van der Waals surface area contributed by atoms with E-state index in [4.69, 9.17) is 18.9 Å².